The van der Waals surface area contributed by atoms with Crippen molar-refractivity contribution in [3.63, 3.8) is 0 Å². The predicted molar refractivity (Wildman–Crippen MR) is 99.5 cm³/mol. The molecule has 0 aliphatic rings. The highest BCUT2D eigenvalue weighted by molar-refractivity contribution is 9.10. The summed E-state index contributed by atoms with van der Waals surface area (Å²) >= 11 is 5.05. The van der Waals surface area contributed by atoms with Gasteiger partial charge in [0.15, 0.2) is 5.76 Å². The van der Waals surface area contributed by atoms with Gasteiger partial charge in [0.25, 0.3) is 0 Å². The fraction of sp³-hybridized carbons (Fsp3) is 0.176. The number of furan rings is 1. The molecule has 0 fully saturated rings. The maximum atomic E-state index is 5.51. The standard InChI is InChI=1S/C17H16BrN3O2S/c1-22-10-8-19-17-21(15(12-24-17)16-7-4-9-23-16)20-11-13-5-2-3-6-14(13)18/h2-7,9,11-12H,8,10H2,1H3/b19-17?,20-11-. The molecule has 124 valence electrons. The second kappa shape index (κ2) is 8.23. The second-order valence-electron chi connectivity index (χ2n) is 4.83. The van der Waals surface area contributed by atoms with Gasteiger partial charge in [-0.15, -0.1) is 11.3 Å². The molecule has 0 atom stereocenters. The Morgan fingerprint density at radius 3 is 2.92 bits per heavy atom. The van der Waals surface area contributed by atoms with E-state index in [2.05, 4.69) is 26.0 Å². The number of benzene rings is 1. The van der Waals surface area contributed by atoms with E-state index in [1.165, 1.54) is 11.3 Å². The van der Waals surface area contributed by atoms with Crippen LogP contribution in [0.2, 0.25) is 0 Å². The minimum atomic E-state index is 0.571. The van der Waals surface area contributed by atoms with E-state index >= 15 is 0 Å². The number of ether oxygens (including phenoxy) is 1. The van der Waals surface area contributed by atoms with Crippen LogP contribution >= 0.6 is 27.3 Å². The van der Waals surface area contributed by atoms with Gasteiger partial charge >= 0.3 is 0 Å². The van der Waals surface area contributed by atoms with Crippen LogP contribution < -0.4 is 4.80 Å². The molecule has 3 rings (SSSR count). The van der Waals surface area contributed by atoms with E-state index in [1.807, 2.05) is 41.8 Å². The Kier molecular flexibility index (Phi) is 5.79. The molecule has 0 spiro atoms. The summed E-state index contributed by atoms with van der Waals surface area (Å²) in [7, 11) is 1.66. The van der Waals surface area contributed by atoms with Gasteiger partial charge in [-0.3, -0.25) is 4.99 Å². The Hall–Kier alpha value is -1.96. The van der Waals surface area contributed by atoms with Crippen LogP contribution in [0.4, 0.5) is 0 Å². The lowest BCUT2D eigenvalue weighted by molar-refractivity contribution is 0.207. The van der Waals surface area contributed by atoms with Crippen LogP contribution in [0.15, 0.2) is 67.0 Å². The quantitative estimate of drug-likeness (QED) is 0.459. The topological polar surface area (TPSA) is 52.0 Å². The third-order valence-electron chi connectivity index (χ3n) is 3.22. The number of rotatable bonds is 6. The molecule has 0 unspecified atom stereocenters. The smallest absolute Gasteiger partial charge is 0.206 e. The predicted octanol–water partition coefficient (Wildman–Crippen LogP) is 4.00. The van der Waals surface area contributed by atoms with Gasteiger partial charge in [-0.1, -0.05) is 34.1 Å². The Labute approximate surface area is 152 Å². The van der Waals surface area contributed by atoms with Gasteiger partial charge in [0.2, 0.25) is 4.80 Å². The second-order valence-corrected chi connectivity index (χ2v) is 6.52. The summed E-state index contributed by atoms with van der Waals surface area (Å²) in [6.07, 6.45) is 3.45. The zero-order valence-electron chi connectivity index (χ0n) is 13.1. The van der Waals surface area contributed by atoms with Crippen LogP contribution in [-0.4, -0.2) is 31.2 Å². The van der Waals surface area contributed by atoms with Gasteiger partial charge in [-0.2, -0.15) is 5.10 Å². The Morgan fingerprint density at radius 1 is 1.29 bits per heavy atom. The maximum Gasteiger partial charge on any atom is 0.206 e. The van der Waals surface area contributed by atoms with Gasteiger partial charge in [0, 0.05) is 22.5 Å². The van der Waals surface area contributed by atoms with Crippen molar-refractivity contribution in [3.8, 4) is 11.5 Å². The van der Waals surface area contributed by atoms with Gasteiger partial charge in [-0.05, 0) is 18.2 Å². The normalized spacial score (nSPS) is 12.3. The molecule has 0 amide bonds. The first-order chi connectivity index (χ1) is 11.8. The fourth-order valence-corrected chi connectivity index (χ4v) is 3.28. The lowest BCUT2D eigenvalue weighted by Crippen LogP contribution is -2.13. The van der Waals surface area contributed by atoms with Crippen LogP contribution in [0.3, 0.4) is 0 Å². The van der Waals surface area contributed by atoms with Crippen molar-refractivity contribution in [1.82, 2.24) is 4.68 Å². The molecule has 0 N–H and O–H groups in total. The van der Waals surface area contributed by atoms with Crippen molar-refractivity contribution < 1.29 is 9.15 Å². The molecule has 7 heteroatoms. The van der Waals surface area contributed by atoms with Crippen molar-refractivity contribution in [3.05, 3.63) is 62.9 Å². The molecule has 0 radical (unpaired) electrons. The molecule has 0 aliphatic carbocycles. The van der Waals surface area contributed by atoms with E-state index in [0.717, 1.165) is 26.3 Å². The van der Waals surface area contributed by atoms with Crippen molar-refractivity contribution in [2.45, 2.75) is 0 Å². The van der Waals surface area contributed by atoms with E-state index in [0.29, 0.717) is 13.2 Å². The minimum Gasteiger partial charge on any atom is -0.463 e. The molecule has 3 aromatic rings. The van der Waals surface area contributed by atoms with E-state index < -0.39 is 0 Å². The first kappa shape index (κ1) is 16.9. The number of halogens is 1. The number of nitrogens with zero attached hydrogens (tertiary/aromatic N) is 3. The molecule has 2 heterocycles. The first-order valence-corrected chi connectivity index (χ1v) is 8.99. The monoisotopic (exact) mass is 405 g/mol. The largest absolute Gasteiger partial charge is 0.463 e. The molecule has 24 heavy (non-hydrogen) atoms. The molecule has 0 saturated carbocycles. The Balaban J connectivity index is 2.01. The summed E-state index contributed by atoms with van der Waals surface area (Å²) in [4.78, 5) is 5.34. The average Bonchev–Trinajstić information content (AvgIpc) is 3.24. The third-order valence-corrected chi connectivity index (χ3v) is 4.80. The summed E-state index contributed by atoms with van der Waals surface area (Å²) in [5.41, 5.74) is 1.86. The summed E-state index contributed by atoms with van der Waals surface area (Å²) in [5.74, 6) is 0.753. The van der Waals surface area contributed by atoms with Gasteiger partial charge in [0.1, 0.15) is 5.69 Å². The Morgan fingerprint density at radius 2 is 2.17 bits per heavy atom. The molecule has 0 saturated heterocycles. The Bertz CT molecular complexity index is 881. The number of aromatic nitrogens is 1. The van der Waals surface area contributed by atoms with E-state index in [1.54, 1.807) is 24.3 Å². The lowest BCUT2D eigenvalue weighted by Gasteiger charge is -2.01. The highest BCUT2D eigenvalue weighted by Crippen LogP contribution is 2.21. The van der Waals surface area contributed by atoms with Crippen LogP contribution in [0.1, 0.15) is 5.56 Å². The van der Waals surface area contributed by atoms with Crippen molar-refractivity contribution in [2.24, 2.45) is 10.1 Å². The highest BCUT2D eigenvalue weighted by atomic mass is 79.9. The summed E-state index contributed by atoms with van der Waals surface area (Å²) in [6, 6.07) is 11.7. The van der Waals surface area contributed by atoms with Crippen LogP contribution in [-0.2, 0) is 4.74 Å². The molecular weight excluding hydrogens is 390 g/mol. The van der Waals surface area contributed by atoms with E-state index in [4.69, 9.17) is 9.15 Å². The summed E-state index contributed by atoms with van der Waals surface area (Å²) < 4.78 is 13.4. The molecular formula is C17H16BrN3O2S. The van der Waals surface area contributed by atoms with Gasteiger partial charge in [0.05, 0.1) is 25.6 Å². The van der Waals surface area contributed by atoms with Crippen molar-refractivity contribution >= 4 is 33.5 Å². The van der Waals surface area contributed by atoms with Crippen LogP contribution in [0.5, 0.6) is 0 Å². The first-order valence-electron chi connectivity index (χ1n) is 7.32. The number of hydrogen-bond donors (Lipinski definition) is 0. The molecule has 5 nitrogen and oxygen atoms in total. The molecule has 1 aromatic carbocycles. The van der Waals surface area contributed by atoms with Crippen LogP contribution in [0, 0.1) is 0 Å². The lowest BCUT2D eigenvalue weighted by atomic mass is 10.2. The molecule has 2 aromatic heterocycles. The minimum absolute atomic E-state index is 0.571. The van der Waals surface area contributed by atoms with E-state index in [9.17, 15) is 0 Å². The highest BCUT2D eigenvalue weighted by Gasteiger charge is 2.09. The number of hydrogen-bond acceptors (Lipinski definition) is 5. The number of methoxy groups -OCH3 is 1. The number of thiazole rings is 1. The summed E-state index contributed by atoms with van der Waals surface area (Å²) in [5, 5.41) is 6.60. The van der Waals surface area contributed by atoms with Gasteiger partial charge in [-0.25, -0.2) is 4.68 Å². The average molecular weight is 406 g/mol. The summed E-state index contributed by atoms with van der Waals surface area (Å²) in [6.45, 7) is 1.15. The van der Waals surface area contributed by atoms with Crippen molar-refractivity contribution in [2.75, 3.05) is 20.3 Å². The van der Waals surface area contributed by atoms with Crippen LogP contribution in [0.25, 0.3) is 11.5 Å². The molecule has 0 bridgehead atoms. The zero-order chi connectivity index (χ0) is 16.8. The fourth-order valence-electron chi connectivity index (χ4n) is 2.05. The van der Waals surface area contributed by atoms with Crippen molar-refractivity contribution in [1.29, 1.82) is 0 Å². The van der Waals surface area contributed by atoms with E-state index in [-0.39, 0.29) is 0 Å². The third kappa shape index (κ3) is 3.92. The SMILES string of the molecule is COCCN=c1scc(-c2ccco2)n1/N=C\c1ccccc1Br. The van der Waals surface area contributed by atoms with Gasteiger partial charge < -0.3 is 9.15 Å². The maximum absolute atomic E-state index is 5.51. The molecule has 0 aliphatic heterocycles. The zero-order valence-corrected chi connectivity index (χ0v) is 15.5.